The summed E-state index contributed by atoms with van der Waals surface area (Å²) in [5, 5.41) is 9.56. The third-order valence-electron chi connectivity index (χ3n) is 2.08. The Labute approximate surface area is 110 Å². The number of esters is 1. The van der Waals surface area contributed by atoms with Crippen LogP contribution >= 0.6 is 15.9 Å². The number of carbonyl (C=O) groups excluding carboxylic acids is 1. The molecule has 0 spiro atoms. The number of rotatable bonds is 2. The van der Waals surface area contributed by atoms with Crippen molar-refractivity contribution in [3.63, 3.8) is 0 Å². The van der Waals surface area contributed by atoms with Crippen molar-refractivity contribution in [1.29, 1.82) is 0 Å². The van der Waals surface area contributed by atoms with Gasteiger partial charge in [-0.15, -0.1) is 0 Å². The Morgan fingerprint density at radius 3 is 2.47 bits per heavy atom. The summed E-state index contributed by atoms with van der Waals surface area (Å²) in [4.78, 5) is 11.8. The average Bonchev–Trinajstić information content (AvgIpc) is 2.14. The van der Waals surface area contributed by atoms with Gasteiger partial charge in [0, 0.05) is 4.47 Å². The van der Waals surface area contributed by atoms with Crippen molar-refractivity contribution in [3.05, 3.63) is 33.8 Å². The molecule has 1 rings (SSSR count). The van der Waals surface area contributed by atoms with Crippen LogP contribution in [0.2, 0.25) is 0 Å². The fourth-order valence-electron chi connectivity index (χ4n) is 1.33. The maximum atomic E-state index is 11.8. The molecule has 94 valence electrons. The van der Waals surface area contributed by atoms with Gasteiger partial charge in [0.05, 0.1) is 11.7 Å². The fourth-order valence-corrected chi connectivity index (χ4v) is 1.91. The molecule has 17 heavy (non-hydrogen) atoms. The molecule has 1 aromatic carbocycles. The Bertz CT molecular complexity index is 419. The minimum absolute atomic E-state index is 0.382. The van der Waals surface area contributed by atoms with Gasteiger partial charge < -0.3 is 9.84 Å². The van der Waals surface area contributed by atoms with Crippen molar-refractivity contribution in [2.45, 2.75) is 39.4 Å². The SMILES string of the molecule is CC(O)c1cc(C(=O)OC(C)(C)C)ccc1Br. The third-order valence-corrected chi connectivity index (χ3v) is 2.80. The maximum absolute atomic E-state index is 11.8. The zero-order valence-corrected chi connectivity index (χ0v) is 12.0. The quantitative estimate of drug-likeness (QED) is 0.851. The van der Waals surface area contributed by atoms with E-state index in [4.69, 9.17) is 4.74 Å². The van der Waals surface area contributed by atoms with Crippen molar-refractivity contribution in [3.8, 4) is 0 Å². The second kappa shape index (κ2) is 5.19. The first kappa shape index (κ1) is 14.2. The van der Waals surface area contributed by atoms with Crippen molar-refractivity contribution < 1.29 is 14.6 Å². The number of hydrogen-bond acceptors (Lipinski definition) is 3. The lowest BCUT2D eigenvalue weighted by Gasteiger charge is -2.20. The number of carbonyl (C=O) groups is 1. The van der Waals surface area contributed by atoms with Crippen LogP contribution in [-0.2, 0) is 4.74 Å². The molecule has 1 N–H and O–H groups in total. The fraction of sp³-hybridized carbons (Fsp3) is 0.462. The Balaban J connectivity index is 3.00. The van der Waals surface area contributed by atoms with E-state index in [0.29, 0.717) is 11.1 Å². The van der Waals surface area contributed by atoms with E-state index >= 15 is 0 Å². The summed E-state index contributed by atoms with van der Waals surface area (Å²) in [6, 6.07) is 5.05. The Kier molecular flexibility index (Phi) is 4.33. The van der Waals surface area contributed by atoms with E-state index < -0.39 is 11.7 Å². The van der Waals surface area contributed by atoms with Crippen LogP contribution in [0.5, 0.6) is 0 Å². The first-order valence-corrected chi connectivity index (χ1v) is 6.21. The minimum atomic E-state index is -0.633. The number of hydrogen-bond donors (Lipinski definition) is 1. The molecule has 0 saturated carbocycles. The molecular formula is C13H17BrO3. The van der Waals surface area contributed by atoms with Crippen molar-refractivity contribution in [1.82, 2.24) is 0 Å². The van der Waals surface area contributed by atoms with Crippen LogP contribution in [0.25, 0.3) is 0 Å². The smallest absolute Gasteiger partial charge is 0.338 e. The predicted octanol–water partition coefficient (Wildman–Crippen LogP) is 3.46. The van der Waals surface area contributed by atoms with Gasteiger partial charge in [-0.3, -0.25) is 0 Å². The van der Waals surface area contributed by atoms with Gasteiger partial charge in [0.1, 0.15) is 5.60 Å². The Hall–Kier alpha value is -0.870. The van der Waals surface area contributed by atoms with Crippen LogP contribution in [-0.4, -0.2) is 16.7 Å². The van der Waals surface area contributed by atoms with E-state index in [1.165, 1.54) is 0 Å². The van der Waals surface area contributed by atoms with Crippen LogP contribution in [0.1, 0.15) is 49.7 Å². The van der Waals surface area contributed by atoms with Gasteiger partial charge in [0.15, 0.2) is 0 Å². The zero-order valence-electron chi connectivity index (χ0n) is 10.5. The highest BCUT2D eigenvalue weighted by Gasteiger charge is 2.19. The highest BCUT2D eigenvalue weighted by molar-refractivity contribution is 9.10. The normalized spacial score (nSPS) is 13.3. The summed E-state index contributed by atoms with van der Waals surface area (Å²) in [5.74, 6) is -0.382. The van der Waals surface area contributed by atoms with Gasteiger partial charge in [-0.25, -0.2) is 4.79 Å². The topological polar surface area (TPSA) is 46.5 Å². The van der Waals surface area contributed by atoms with Gasteiger partial charge in [-0.2, -0.15) is 0 Å². The molecule has 0 aromatic heterocycles. The molecule has 1 atom stereocenters. The molecule has 0 heterocycles. The van der Waals surface area contributed by atoms with Crippen molar-refractivity contribution in [2.75, 3.05) is 0 Å². The molecule has 0 aliphatic heterocycles. The van der Waals surface area contributed by atoms with Crippen molar-refractivity contribution >= 4 is 21.9 Å². The van der Waals surface area contributed by atoms with Gasteiger partial charge in [-0.05, 0) is 51.5 Å². The number of ether oxygens (including phenoxy) is 1. The molecule has 0 radical (unpaired) electrons. The second-order valence-corrected chi connectivity index (χ2v) is 5.77. The van der Waals surface area contributed by atoms with E-state index in [9.17, 15) is 9.90 Å². The molecule has 0 aliphatic rings. The summed E-state index contributed by atoms with van der Waals surface area (Å²) >= 11 is 3.33. The lowest BCUT2D eigenvalue weighted by Crippen LogP contribution is -2.24. The standard InChI is InChI=1S/C13H17BrO3/c1-8(15)10-7-9(5-6-11(10)14)12(16)17-13(2,3)4/h5-8,15H,1-4H3. The molecule has 1 unspecified atom stereocenters. The van der Waals surface area contributed by atoms with Crippen LogP contribution < -0.4 is 0 Å². The second-order valence-electron chi connectivity index (χ2n) is 4.91. The molecule has 0 fully saturated rings. The van der Waals surface area contributed by atoms with E-state index in [1.807, 2.05) is 20.8 Å². The van der Waals surface area contributed by atoms with E-state index in [1.54, 1.807) is 25.1 Å². The monoisotopic (exact) mass is 300 g/mol. The van der Waals surface area contributed by atoms with Crippen LogP contribution in [0.4, 0.5) is 0 Å². The van der Waals surface area contributed by atoms with Gasteiger partial charge >= 0.3 is 5.97 Å². The number of halogens is 1. The maximum Gasteiger partial charge on any atom is 0.338 e. The van der Waals surface area contributed by atoms with Crippen LogP contribution in [0, 0.1) is 0 Å². The third kappa shape index (κ3) is 4.13. The van der Waals surface area contributed by atoms with Crippen LogP contribution in [0.15, 0.2) is 22.7 Å². The van der Waals surface area contributed by atoms with E-state index in [2.05, 4.69) is 15.9 Å². The van der Waals surface area contributed by atoms with Gasteiger partial charge in [-0.1, -0.05) is 15.9 Å². The Morgan fingerprint density at radius 2 is 2.00 bits per heavy atom. The number of aliphatic hydroxyl groups excluding tert-OH is 1. The highest BCUT2D eigenvalue weighted by Crippen LogP contribution is 2.25. The largest absolute Gasteiger partial charge is 0.456 e. The molecule has 3 nitrogen and oxygen atoms in total. The van der Waals surface area contributed by atoms with E-state index in [-0.39, 0.29) is 5.97 Å². The summed E-state index contributed by atoms with van der Waals surface area (Å²) in [5.41, 5.74) is 0.599. The molecule has 0 saturated heterocycles. The lowest BCUT2D eigenvalue weighted by molar-refractivity contribution is 0.00693. The van der Waals surface area contributed by atoms with Crippen LogP contribution in [0.3, 0.4) is 0 Å². The molecule has 0 amide bonds. The molecule has 1 aromatic rings. The molecule has 4 heteroatoms. The number of benzene rings is 1. The summed E-state index contributed by atoms with van der Waals surface area (Å²) in [6.07, 6.45) is -0.633. The van der Waals surface area contributed by atoms with E-state index in [0.717, 1.165) is 4.47 Å². The lowest BCUT2D eigenvalue weighted by atomic mass is 10.1. The molecule has 0 aliphatic carbocycles. The first-order chi connectivity index (χ1) is 7.70. The Morgan fingerprint density at radius 1 is 1.41 bits per heavy atom. The molecule has 0 bridgehead atoms. The summed E-state index contributed by atoms with van der Waals surface area (Å²) in [7, 11) is 0. The van der Waals surface area contributed by atoms with Crippen molar-refractivity contribution in [2.24, 2.45) is 0 Å². The average molecular weight is 301 g/mol. The first-order valence-electron chi connectivity index (χ1n) is 5.41. The number of aliphatic hydroxyl groups is 1. The minimum Gasteiger partial charge on any atom is -0.456 e. The highest BCUT2D eigenvalue weighted by atomic mass is 79.9. The zero-order chi connectivity index (χ0) is 13.2. The molecular weight excluding hydrogens is 284 g/mol. The summed E-state index contributed by atoms with van der Waals surface area (Å²) in [6.45, 7) is 7.11. The summed E-state index contributed by atoms with van der Waals surface area (Å²) < 4.78 is 6.04. The van der Waals surface area contributed by atoms with Gasteiger partial charge in [0.2, 0.25) is 0 Å². The van der Waals surface area contributed by atoms with Gasteiger partial charge in [0.25, 0.3) is 0 Å². The predicted molar refractivity (Wildman–Crippen MR) is 69.9 cm³/mol.